The van der Waals surface area contributed by atoms with Crippen LogP contribution >= 0.6 is 0 Å². The van der Waals surface area contributed by atoms with E-state index in [2.05, 4.69) is 5.10 Å². The lowest BCUT2D eigenvalue weighted by Gasteiger charge is -2.51. The monoisotopic (exact) mass is 277 g/mol. The Morgan fingerprint density at radius 3 is 2.35 bits per heavy atom. The minimum atomic E-state index is -0.151. The van der Waals surface area contributed by atoms with Gasteiger partial charge in [-0.1, -0.05) is 0 Å². The zero-order valence-corrected chi connectivity index (χ0v) is 12.5. The number of aliphatic hydroxyl groups excluding tert-OH is 1. The van der Waals surface area contributed by atoms with Crippen LogP contribution in [0.2, 0.25) is 0 Å². The average Bonchev–Trinajstić information content (AvgIpc) is 2.70. The number of aromatic nitrogens is 2. The molecule has 1 amide bonds. The molecule has 5 heteroatoms. The van der Waals surface area contributed by atoms with Crippen LogP contribution in [-0.4, -0.2) is 44.9 Å². The Hall–Kier alpha value is -1.36. The molecule has 2 heterocycles. The summed E-state index contributed by atoms with van der Waals surface area (Å²) in [5.74, 6) is 0.0942. The zero-order valence-electron chi connectivity index (χ0n) is 12.5. The Balaban J connectivity index is 1.73. The van der Waals surface area contributed by atoms with Gasteiger partial charge in [0.1, 0.15) is 0 Å². The molecule has 110 valence electrons. The van der Waals surface area contributed by atoms with E-state index in [4.69, 9.17) is 0 Å². The highest BCUT2D eigenvalue weighted by Crippen LogP contribution is 2.49. The van der Waals surface area contributed by atoms with Gasteiger partial charge in [0.2, 0.25) is 0 Å². The van der Waals surface area contributed by atoms with Gasteiger partial charge in [0, 0.05) is 25.8 Å². The van der Waals surface area contributed by atoms with Gasteiger partial charge in [-0.3, -0.25) is 9.48 Å². The molecule has 1 spiro atoms. The zero-order chi connectivity index (χ0) is 14.5. The van der Waals surface area contributed by atoms with Gasteiger partial charge in [-0.25, -0.2) is 0 Å². The number of likely N-dealkylation sites (tertiary alicyclic amines) is 1. The van der Waals surface area contributed by atoms with Crippen molar-refractivity contribution in [2.24, 2.45) is 12.5 Å². The maximum Gasteiger partial charge on any atom is 0.257 e. The highest BCUT2D eigenvalue weighted by molar-refractivity contribution is 5.96. The highest BCUT2D eigenvalue weighted by Gasteiger charge is 2.48. The van der Waals surface area contributed by atoms with Crippen molar-refractivity contribution >= 4 is 5.91 Å². The van der Waals surface area contributed by atoms with Crippen LogP contribution in [0.25, 0.3) is 0 Å². The summed E-state index contributed by atoms with van der Waals surface area (Å²) >= 11 is 0. The Kier molecular flexibility index (Phi) is 3.12. The highest BCUT2D eigenvalue weighted by atomic mass is 16.3. The first kappa shape index (κ1) is 13.6. The molecule has 1 aromatic rings. The molecule has 1 unspecified atom stereocenters. The van der Waals surface area contributed by atoms with Crippen LogP contribution in [0.15, 0.2) is 0 Å². The SMILES string of the molecule is Cc1nn(C)c(C)c1C(=O)N1CCC2(CCC2O)CC1. The van der Waals surface area contributed by atoms with Crippen molar-refractivity contribution < 1.29 is 9.90 Å². The largest absolute Gasteiger partial charge is 0.393 e. The molecular formula is C15H23N3O2. The summed E-state index contributed by atoms with van der Waals surface area (Å²) in [5.41, 5.74) is 2.59. The fourth-order valence-corrected chi connectivity index (χ4v) is 3.66. The summed E-state index contributed by atoms with van der Waals surface area (Å²) in [5, 5.41) is 14.3. The maximum absolute atomic E-state index is 12.7. The third kappa shape index (κ3) is 1.87. The van der Waals surface area contributed by atoms with Crippen LogP contribution in [-0.2, 0) is 7.05 Å². The van der Waals surface area contributed by atoms with Gasteiger partial charge < -0.3 is 10.0 Å². The summed E-state index contributed by atoms with van der Waals surface area (Å²) < 4.78 is 1.77. The molecule has 2 aliphatic rings. The first-order valence-corrected chi connectivity index (χ1v) is 7.42. The van der Waals surface area contributed by atoms with Crippen molar-refractivity contribution in [2.45, 2.75) is 45.6 Å². The second kappa shape index (κ2) is 4.58. The van der Waals surface area contributed by atoms with E-state index in [9.17, 15) is 9.90 Å². The molecule has 3 rings (SSSR count). The second-order valence-electron chi connectivity index (χ2n) is 6.38. The molecular weight excluding hydrogens is 254 g/mol. The molecule has 1 aliphatic carbocycles. The molecule has 2 fully saturated rings. The lowest BCUT2D eigenvalue weighted by molar-refractivity contribution is -0.0952. The van der Waals surface area contributed by atoms with E-state index in [1.807, 2.05) is 25.8 Å². The number of piperidine rings is 1. The van der Waals surface area contributed by atoms with E-state index in [-0.39, 0.29) is 17.4 Å². The maximum atomic E-state index is 12.7. The first-order chi connectivity index (χ1) is 9.44. The van der Waals surface area contributed by atoms with Crippen LogP contribution < -0.4 is 0 Å². The predicted octanol–water partition coefficient (Wildman–Crippen LogP) is 1.41. The number of rotatable bonds is 1. The van der Waals surface area contributed by atoms with Gasteiger partial charge in [-0.15, -0.1) is 0 Å². The molecule has 0 bridgehead atoms. The molecule has 5 nitrogen and oxygen atoms in total. The van der Waals surface area contributed by atoms with Crippen LogP contribution in [0.4, 0.5) is 0 Å². The summed E-state index contributed by atoms with van der Waals surface area (Å²) in [6.45, 7) is 5.34. The van der Waals surface area contributed by atoms with E-state index in [0.717, 1.165) is 55.7 Å². The summed E-state index contributed by atoms with van der Waals surface area (Å²) in [4.78, 5) is 14.6. The minimum absolute atomic E-state index is 0.0942. The van der Waals surface area contributed by atoms with Crippen LogP contribution in [0, 0.1) is 19.3 Å². The Bertz CT molecular complexity index is 542. The number of aryl methyl sites for hydroxylation is 2. The average molecular weight is 277 g/mol. The van der Waals surface area contributed by atoms with E-state index in [0.29, 0.717) is 0 Å². The van der Waals surface area contributed by atoms with Crippen molar-refractivity contribution in [3.8, 4) is 0 Å². The van der Waals surface area contributed by atoms with Gasteiger partial charge in [0.05, 0.1) is 17.4 Å². The number of aliphatic hydroxyl groups is 1. The van der Waals surface area contributed by atoms with E-state index in [1.54, 1.807) is 4.68 Å². The smallest absolute Gasteiger partial charge is 0.257 e. The molecule has 1 aromatic heterocycles. The number of hydrogen-bond acceptors (Lipinski definition) is 3. The van der Waals surface area contributed by atoms with Gasteiger partial charge >= 0.3 is 0 Å². The van der Waals surface area contributed by atoms with Gasteiger partial charge in [0.15, 0.2) is 0 Å². The quantitative estimate of drug-likeness (QED) is 0.844. The predicted molar refractivity (Wildman–Crippen MR) is 75.5 cm³/mol. The van der Waals surface area contributed by atoms with Crippen molar-refractivity contribution in [1.29, 1.82) is 0 Å². The van der Waals surface area contributed by atoms with E-state index in [1.165, 1.54) is 0 Å². The first-order valence-electron chi connectivity index (χ1n) is 7.42. The standard InChI is InChI=1S/C15H23N3O2/c1-10-13(11(2)17(3)16-10)14(20)18-8-6-15(7-9-18)5-4-12(15)19/h12,19H,4-9H2,1-3H3. The van der Waals surface area contributed by atoms with Crippen LogP contribution in [0.5, 0.6) is 0 Å². The molecule has 0 aromatic carbocycles. The van der Waals surface area contributed by atoms with Crippen LogP contribution in [0.3, 0.4) is 0 Å². The molecule has 1 aliphatic heterocycles. The normalized spacial score (nSPS) is 24.8. The molecule has 1 saturated carbocycles. The number of hydrogen-bond donors (Lipinski definition) is 1. The Morgan fingerprint density at radius 1 is 1.30 bits per heavy atom. The van der Waals surface area contributed by atoms with Gasteiger partial charge in [-0.2, -0.15) is 5.10 Å². The molecule has 1 atom stereocenters. The summed E-state index contributed by atoms with van der Waals surface area (Å²) in [6, 6.07) is 0. The second-order valence-corrected chi connectivity index (χ2v) is 6.38. The number of carbonyl (C=O) groups is 1. The van der Waals surface area contributed by atoms with Crippen molar-refractivity contribution in [3.63, 3.8) is 0 Å². The van der Waals surface area contributed by atoms with E-state index < -0.39 is 0 Å². The topological polar surface area (TPSA) is 58.4 Å². The lowest BCUT2D eigenvalue weighted by atomic mass is 9.61. The molecule has 20 heavy (non-hydrogen) atoms. The fourth-order valence-electron chi connectivity index (χ4n) is 3.66. The third-order valence-electron chi connectivity index (χ3n) is 5.39. The Morgan fingerprint density at radius 2 is 1.95 bits per heavy atom. The number of carbonyl (C=O) groups excluding carboxylic acids is 1. The minimum Gasteiger partial charge on any atom is -0.393 e. The fraction of sp³-hybridized carbons (Fsp3) is 0.733. The number of nitrogens with zero attached hydrogens (tertiary/aromatic N) is 3. The molecule has 1 saturated heterocycles. The number of amides is 1. The summed E-state index contributed by atoms with van der Waals surface area (Å²) in [6.07, 6.45) is 3.74. The van der Waals surface area contributed by atoms with Crippen LogP contribution in [0.1, 0.15) is 47.4 Å². The van der Waals surface area contributed by atoms with Gasteiger partial charge in [0.25, 0.3) is 5.91 Å². The molecule has 1 N–H and O–H groups in total. The van der Waals surface area contributed by atoms with Crippen molar-refractivity contribution in [3.05, 3.63) is 17.0 Å². The van der Waals surface area contributed by atoms with Gasteiger partial charge in [-0.05, 0) is 44.9 Å². The summed E-state index contributed by atoms with van der Waals surface area (Å²) in [7, 11) is 1.87. The Labute approximate surface area is 119 Å². The van der Waals surface area contributed by atoms with Crippen molar-refractivity contribution in [1.82, 2.24) is 14.7 Å². The van der Waals surface area contributed by atoms with E-state index >= 15 is 0 Å². The van der Waals surface area contributed by atoms with Crippen molar-refractivity contribution in [2.75, 3.05) is 13.1 Å². The third-order valence-corrected chi connectivity index (χ3v) is 5.39. The lowest BCUT2D eigenvalue weighted by Crippen LogP contribution is -2.53. The molecule has 0 radical (unpaired) electrons.